The van der Waals surface area contributed by atoms with Crippen LogP contribution in [0.5, 0.6) is 0 Å². The fourth-order valence-electron chi connectivity index (χ4n) is 2.04. The summed E-state index contributed by atoms with van der Waals surface area (Å²) >= 11 is 0. The van der Waals surface area contributed by atoms with Gasteiger partial charge in [-0.3, -0.25) is 14.7 Å². The molecule has 22 heavy (non-hydrogen) atoms. The highest BCUT2D eigenvalue weighted by Gasteiger charge is 2.32. The summed E-state index contributed by atoms with van der Waals surface area (Å²) in [5.41, 5.74) is 0.709. The SMILES string of the molecule is CCOP(=O)(NCc1ccccc1)c1ccccc1[N+](=O)[O-]. The van der Waals surface area contributed by atoms with Gasteiger partial charge in [0.05, 0.1) is 11.5 Å². The number of hydrogen-bond donors (Lipinski definition) is 1. The van der Waals surface area contributed by atoms with Crippen molar-refractivity contribution in [2.24, 2.45) is 0 Å². The quantitative estimate of drug-likeness (QED) is 0.481. The van der Waals surface area contributed by atoms with Crippen molar-refractivity contribution in [2.45, 2.75) is 13.5 Å². The van der Waals surface area contributed by atoms with Crippen molar-refractivity contribution in [1.82, 2.24) is 5.09 Å². The molecule has 2 rings (SSSR count). The highest BCUT2D eigenvalue weighted by molar-refractivity contribution is 7.65. The van der Waals surface area contributed by atoms with E-state index in [0.717, 1.165) is 5.56 Å². The van der Waals surface area contributed by atoms with E-state index in [4.69, 9.17) is 4.52 Å². The molecule has 0 heterocycles. The van der Waals surface area contributed by atoms with E-state index in [1.54, 1.807) is 13.0 Å². The van der Waals surface area contributed by atoms with Crippen molar-refractivity contribution in [1.29, 1.82) is 0 Å². The van der Waals surface area contributed by atoms with Crippen molar-refractivity contribution in [3.63, 3.8) is 0 Å². The molecule has 116 valence electrons. The predicted octanol–water partition coefficient (Wildman–Crippen LogP) is 3.24. The van der Waals surface area contributed by atoms with Crippen LogP contribution in [0.25, 0.3) is 0 Å². The smallest absolute Gasteiger partial charge is 0.306 e. The summed E-state index contributed by atoms with van der Waals surface area (Å²) in [4.78, 5) is 10.6. The number of nitrogens with one attached hydrogen (secondary N) is 1. The Morgan fingerprint density at radius 2 is 1.77 bits per heavy atom. The first-order valence-electron chi connectivity index (χ1n) is 6.84. The van der Waals surface area contributed by atoms with Gasteiger partial charge in [-0.25, -0.2) is 5.09 Å². The second-order valence-corrected chi connectivity index (χ2v) is 6.69. The lowest BCUT2D eigenvalue weighted by Gasteiger charge is -2.19. The fourth-order valence-corrected chi connectivity index (χ4v) is 3.94. The van der Waals surface area contributed by atoms with Crippen molar-refractivity contribution >= 4 is 18.5 Å². The van der Waals surface area contributed by atoms with Crippen LogP contribution >= 0.6 is 7.52 Å². The normalized spacial score (nSPS) is 13.5. The van der Waals surface area contributed by atoms with Crippen molar-refractivity contribution in [3.8, 4) is 0 Å². The second kappa shape index (κ2) is 7.31. The molecule has 0 saturated carbocycles. The standard InChI is InChI=1S/C15H17N2O4P/c1-2-21-22(20,16-12-13-8-4-3-5-9-13)15-11-7-6-10-14(15)17(18)19/h3-11H,2,12H2,1H3,(H,16,20). The van der Waals surface area contributed by atoms with Crippen LogP contribution in [0.3, 0.4) is 0 Å². The Morgan fingerprint density at radius 1 is 1.14 bits per heavy atom. The Kier molecular flexibility index (Phi) is 5.44. The van der Waals surface area contributed by atoms with Gasteiger partial charge >= 0.3 is 7.52 Å². The van der Waals surface area contributed by atoms with Gasteiger partial charge in [-0.1, -0.05) is 42.5 Å². The van der Waals surface area contributed by atoms with E-state index in [-0.39, 0.29) is 17.6 Å². The van der Waals surface area contributed by atoms with Crippen LogP contribution in [0.1, 0.15) is 12.5 Å². The zero-order chi connectivity index (χ0) is 16.0. The minimum atomic E-state index is -3.52. The van der Waals surface area contributed by atoms with Crippen LogP contribution in [0.4, 0.5) is 5.69 Å². The summed E-state index contributed by atoms with van der Waals surface area (Å²) in [6.07, 6.45) is 0. The molecule has 0 radical (unpaired) electrons. The van der Waals surface area contributed by atoms with Gasteiger partial charge in [0.15, 0.2) is 0 Å². The summed E-state index contributed by atoms with van der Waals surface area (Å²) in [7, 11) is -3.52. The molecule has 1 N–H and O–H groups in total. The lowest BCUT2D eigenvalue weighted by Crippen LogP contribution is -2.23. The van der Waals surface area contributed by atoms with Gasteiger partial charge in [-0.15, -0.1) is 0 Å². The van der Waals surface area contributed by atoms with E-state index in [9.17, 15) is 14.7 Å². The van der Waals surface area contributed by atoms with E-state index in [0.29, 0.717) is 6.54 Å². The van der Waals surface area contributed by atoms with Gasteiger partial charge < -0.3 is 4.52 Å². The van der Waals surface area contributed by atoms with E-state index >= 15 is 0 Å². The Morgan fingerprint density at radius 3 is 2.41 bits per heavy atom. The molecule has 1 unspecified atom stereocenters. The largest absolute Gasteiger partial charge is 0.314 e. The lowest BCUT2D eigenvalue weighted by molar-refractivity contribution is -0.383. The molecule has 0 aliphatic heterocycles. The predicted molar refractivity (Wildman–Crippen MR) is 85.2 cm³/mol. The highest BCUT2D eigenvalue weighted by atomic mass is 31.2. The van der Waals surface area contributed by atoms with Crippen LogP contribution in [-0.2, 0) is 15.6 Å². The lowest BCUT2D eigenvalue weighted by atomic mass is 10.2. The molecule has 0 saturated heterocycles. The number of nitrogens with zero attached hydrogens (tertiary/aromatic N) is 1. The minimum Gasteiger partial charge on any atom is -0.314 e. The van der Waals surface area contributed by atoms with Gasteiger partial charge in [-0.05, 0) is 18.6 Å². The first-order chi connectivity index (χ1) is 10.6. The molecule has 6 nitrogen and oxygen atoms in total. The zero-order valence-corrected chi connectivity index (χ0v) is 13.0. The number of rotatable bonds is 7. The van der Waals surface area contributed by atoms with Crippen LogP contribution in [0, 0.1) is 10.1 Å². The maximum atomic E-state index is 13.1. The number of benzene rings is 2. The van der Waals surface area contributed by atoms with Crippen LogP contribution in [0.2, 0.25) is 0 Å². The Balaban J connectivity index is 2.32. The van der Waals surface area contributed by atoms with Crippen molar-refractivity contribution in [3.05, 3.63) is 70.3 Å². The first-order valence-corrected chi connectivity index (χ1v) is 8.47. The molecule has 2 aromatic rings. The number of nitro groups is 1. The van der Waals surface area contributed by atoms with Gasteiger partial charge in [0.25, 0.3) is 5.69 Å². The maximum Gasteiger partial charge on any atom is 0.306 e. The third kappa shape index (κ3) is 3.80. The number of para-hydroxylation sites is 1. The molecule has 0 bridgehead atoms. The monoisotopic (exact) mass is 320 g/mol. The molecular formula is C15H17N2O4P. The molecule has 7 heteroatoms. The Bertz CT molecular complexity index is 691. The summed E-state index contributed by atoms with van der Waals surface area (Å²) < 4.78 is 18.4. The summed E-state index contributed by atoms with van der Waals surface area (Å²) in [6, 6.07) is 15.3. The van der Waals surface area contributed by atoms with Crippen molar-refractivity contribution < 1.29 is 14.0 Å². The molecule has 1 atom stereocenters. The second-order valence-electron chi connectivity index (χ2n) is 4.54. The van der Waals surface area contributed by atoms with Crippen LogP contribution < -0.4 is 10.4 Å². The average Bonchev–Trinajstić information content (AvgIpc) is 2.54. The molecule has 0 aliphatic carbocycles. The maximum absolute atomic E-state index is 13.1. The fraction of sp³-hybridized carbons (Fsp3) is 0.200. The van der Waals surface area contributed by atoms with Crippen LogP contribution in [-0.4, -0.2) is 11.5 Å². The highest BCUT2D eigenvalue weighted by Crippen LogP contribution is 2.44. The minimum absolute atomic E-state index is 0.0813. The Labute approximate surface area is 128 Å². The zero-order valence-electron chi connectivity index (χ0n) is 12.1. The Hall–Kier alpha value is -2.01. The summed E-state index contributed by atoms with van der Waals surface area (Å²) in [6.45, 7) is 2.18. The topological polar surface area (TPSA) is 81.5 Å². The molecule has 2 aromatic carbocycles. The molecule has 0 aromatic heterocycles. The molecule has 0 amide bonds. The van der Waals surface area contributed by atoms with E-state index in [1.807, 2.05) is 30.3 Å². The summed E-state index contributed by atoms with van der Waals surface area (Å²) in [5.74, 6) is 0. The summed E-state index contributed by atoms with van der Waals surface area (Å²) in [5, 5.41) is 14.1. The van der Waals surface area contributed by atoms with Gasteiger partial charge in [0.1, 0.15) is 5.30 Å². The molecule has 0 spiro atoms. The van der Waals surface area contributed by atoms with E-state index in [2.05, 4.69) is 5.09 Å². The third-order valence-corrected chi connectivity index (χ3v) is 5.25. The molecule has 0 fully saturated rings. The van der Waals surface area contributed by atoms with Crippen LogP contribution in [0.15, 0.2) is 54.6 Å². The molecular weight excluding hydrogens is 303 g/mol. The van der Waals surface area contributed by atoms with Crippen molar-refractivity contribution in [2.75, 3.05) is 6.61 Å². The van der Waals surface area contributed by atoms with Gasteiger partial charge in [0, 0.05) is 12.6 Å². The third-order valence-electron chi connectivity index (χ3n) is 3.04. The number of hydrogen-bond acceptors (Lipinski definition) is 4. The first kappa shape index (κ1) is 16.4. The number of nitro benzene ring substituents is 1. The van der Waals surface area contributed by atoms with Gasteiger partial charge in [0.2, 0.25) is 0 Å². The van der Waals surface area contributed by atoms with Gasteiger partial charge in [-0.2, -0.15) is 0 Å². The van der Waals surface area contributed by atoms with E-state index < -0.39 is 12.4 Å². The average molecular weight is 320 g/mol. The van der Waals surface area contributed by atoms with E-state index in [1.165, 1.54) is 18.2 Å². The molecule has 0 aliphatic rings.